The third-order valence-corrected chi connectivity index (χ3v) is 5.09. The first-order valence-corrected chi connectivity index (χ1v) is 9.26. The van der Waals surface area contributed by atoms with E-state index >= 15 is 0 Å². The summed E-state index contributed by atoms with van der Waals surface area (Å²) in [6, 6.07) is 7.97. The van der Waals surface area contributed by atoms with Gasteiger partial charge in [-0.05, 0) is 57.9 Å². The molecule has 1 aromatic rings. The van der Waals surface area contributed by atoms with Crippen LogP contribution in [-0.2, 0) is 9.59 Å². The largest absolute Gasteiger partial charge is 0.497 e. The van der Waals surface area contributed by atoms with Crippen molar-refractivity contribution in [2.24, 2.45) is 5.41 Å². The van der Waals surface area contributed by atoms with E-state index in [0.29, 0.717) is 25.9 Å². The number of amides is 2. The van der Waals surface area contributed by atoms with Gasteiger partial charge >= 0.3 is 0 Å². The van der Waals surface area contributed by atoms with Crippen molar-refractivity contribution >= 4 is 17.5 Å². The van der Waals surface area contributed by atoms with Crippen LogP contribution in [0, 0.1) is 5.41 Å². The zero-order valence-electron chi connectivity index (χ0n) is 16.2. The number of anilines is 1. The lowest BCUT2D eigenvalue weighted by Crippen LogP contribution is -2.55. The fourth-order valence-corrected chi connectivity index (χ4v) is 3.39. The van der Waals surface area contributed by atoms with Gasteiger partial charge < -0.3 is 19.9 Å². The number of carbonyl (C=O) groups excluding carboxylic acids is 2. The van der Waals surface area contributed by atoms with Gasteiger partial charge in [-0.15, -0.1) is 0 Å². The lowest BCUT2D eigenvalue weighted by molar-refractivity contribution is -0.145. The highest BCUT2D eigenvalue weighted by molar-refractivity contribution is 6.08. The van der Waals surface area contributed by atoms with Crippen molar-refractivity contribution in [3.63, 3.8) is 0 Å². The van der Waals surface area contributed by atoms with Gasteiger partial charge in [0.25, 0.3) is 0 Å². The summed E-state index contributed by atoms with van der Waals surface area (Å²) >= 11 is 0. The first kappa shape index (κ1) is 18.5. The summed E-state index contributed by atoms with van der Waals surface area (Å²) in [6.07, 6.45) is 1.32. The predicted octanol–water partition coefficient (Wildman–Crippen LogP) is 2.04. The Hall–Kier alpha value is -2.24. The third kappa shape index (κ3) is 3.79. The maximum absolute atomic E-state index is 13.0. The monoisotopic (exact) mass is 359 g/mol. The molecule has 1 saturated carbocycles. The Kier molecular flexibility index (Phi) is 4.86. The van der Waals surface area contributed by atoms with Crippen LogP contribution in [0.3, 0.4) is 0 Å². The maximum Gasteiger partial charge on any atom is 0.238 e. The predicted molar refractivity (Wildman–Crippen MR) is 101 cm³/mol. The Labute approximate surface area is 155 Å². The summed E-state index contributed by atoms with van der Waals surface area (Å²) in [6.45, 7) is 8.67. The van der Waals surface area contributed by atoms with Crippen molar-refractivity contribution in [2.75, 3.05) is 38.2 Å². The average Bonchev–Trinajstić information content (AvgIpc) is 3.42. The zero-order valence-corrected chi connectivity index (χ0v) is 16.2. The first-order chi connectivity index (χ1) is 12.2. The van der Waals surface area contributed by atoms with E-state index in [4.69, 9.17) is 4.74 Å². The number of methoxy groups -OCH3 is 1. The van der Waals surface area contributed by atoms with Gasteiger partial charge in [0.05, 0.1) is 7.11 Å². The number of hydrogen-bond acceptors (Lipinski definition) is 4. The van der Waals surface area contributed by atoms with Crippen molar-refractivity contribution < 1.29 is 14.3 Å². The van der Waals surface area contributed by atoms with Gasteiger partial charge in [0.1, 0.15) is 11.2 Å². The number of carbonyl (C=O) groups is 2. The summed E-state index contributed by atoms with van der Waals surface area (Å²) in [4.78, 5) is 29.7. The van der Waals surface area contributed by atoms with Crippen molar-refractivity contribution in [1.29, 1.82) is 0 Å². The maximum atomic E-state index is 13.0. The zero-order chi connectivity index (χ0) is 18.9. The van der Waals surface area contributed by atoms with Crippen molar-refractivity contribution in [2.45, 2.75) is 39.2 Å². The van der Waals surface area contributed by atoms with E-state index in [1.54, 1.807) is 7.11 Å². The molecule has 6 nitrogen and oxygen atoms in total. The molecule has 2 aliphatic rings. The van der Waals surface area contributed by atoms with Crippen LogP contribution >= 0.6 is 0 Å². The lowest BCUT2D eigenvalue weighted by Gasteiger charge is -2.38. The highest BCUT2D eigenvalue weighted by Gasteiger charge is 2.58. The number of ether oxygens (including phenoxy) is 1. The van der Waals surface area contributed by atoms with Crippen LogP contribution in [0.25, 0.3) is 0 Å². The Balaban J connectivity index is 1.59. The molecule has 0 radical (unpaired) electrons. The molecule has 1 saturated heterocycles. The normalized spacial score (nSPS) is 19.1. The van der Waals surface area contributed by atoms with Gasteiger partial charge in [-0.25, -0.2) is 0 Å². The summed E-state index contributed by atoms with van der Waals surface area (Å²) in [5, 5.41) is 2.98. The van der Waals surface area contributed by atoms with Crippen LogP contribution in [0.5, 0.6) is 5.75 Å². The molecule has 0 unspecified atom stereocenters. The van der Waals surface area contributed by atoms with E-state index < -0.39 is 5.41 Å². The van der Waals surface area contributed by atoms with Gasteiger partial charge in [-0.3, -0.25) is 9.59 Å². The second kappa shape index (κ2) is 6.82. The Morgan fingerprint density at radius 3 is 2.08 bits per heavy atom. The highest BCUT2D eigenvalue weighted by Crippen LogP contribution is 2.48. The van der Waals surface area contributed by atoms with Crippen LogP contribution in [0.2, 0.25) is 0 Å². The summed E-state index contributed by atoms with van der Waals surface area (Å²) < 4.78 is 5.20. The fraction of sp³-hybridized carbons (Fsp3) is 0.600. The first-order valence-electron chi connectivity index (χ1n) is 9.26. The molecular formula is C20H29N3O3. The van der Waals surface area contributed by atoms with Crippen LogP contribution in [0.4, 0.5) is 5.69 Å². The minimum Gasteiger partial charge on any atom is -0.497 e. The van der Waals surface area contributed by atoms with Crippen LogP contribution in [0.1, 0.15) is 33.6 Å². The van der Waals surface area contributed by atoms with Crippen molar-refractivity contribution in [3.8, 4) is 5.75 Å². The lowest BCUT2D eigenvalue weighted by atomic mass is 10.0. The Morgan fingerprint density at radius 1 is 1.04 bits per heavy atom. The van der Waals surface area contributed by atoms with E-state index in [0.717, 1.165) is 24.5 Å². The minimum absolute atomic E-state index is 0.00590. The summed E-state index contributed by atoms with van der Waals surface area (Å²) in [5.74, 6) is 0.712. The summed E-state index contributed by atoms with van der Waals surface area (Å²) in [7, 11) is 1.66. The molecule has 3 rings (SSSR count). The van der Waals surface area contributed by atoms with E-state index in [1.807, 2.05) is 49.9 Å². The van der Waals surface area contributed by atoms with Crippen LogP contribution in [-0.4, -0.2) is 55.5 Å². The smallest absolute Gasteiger partial charge is 0.238 e. The molecule has 0 spiro atoms. The van der Waals surface area contributed by atoms with Gasteiger partial charge in [0, 0.05) is 37.4 Å². The van der Waals surface area contributed by atoms with Gasteiger partial charge in [-0.2, -0.15) is 0 Å². The topological polar surface area (TPSA) is 61.9 Å². The average molecular weight is 359 g/mol. The second-order valence-corrected chi connectivity index (χ2v) is 8.26. The SMILES string of the molecule is COc1ccc(N2CCN(C(=O)C3(C(=O)NC(C)(C)C)CC3)CC2)cc1. The molecule has 0 atom stereocenters. The Morgan fingerprint density at radius 2 is 1.62 bits per heavy atom. The van der Waals surface area contributed by atoms with Gasteiger partial charge in [0.2, 0.25) is 11.8 Å². The molecule has 0 aromatic heterocycles. The van der Waals surface area contributed by atoms with Crippen molar-refractivity contribution in [3.05, 3.63) is 24.3 Å². The van der Waals surface area contributed by atoms with E-state index in [2.05, 4.69) is 10.2 Å². The molecule has 2 fully saturated rings. The van der Waals surface area contributed by atoms with E-state index in [-0.39, 0.29) is 17.4 Å². The van der Waals surface area contributed by atoms with Crippen LogP contribution in [0.15, 0.2) is 24.3 Å². The second-order valence-electron chi connectivity index (χ2n) is 8.26. The molecule has 1 aliphatic carbocycles. The van der Waals surface area contributed by atoms with E-state index in [1.165, 1.54) is 0 Å². The number of nitrogens with zero attached hydrogens (tertiary/aromatic N) is 2. The highest BCUT2D eigenvalue weighted by atomic mass is 16.5. The molecule has 26 heavy (non-hydrogen) atoms. The molecule has 2 amide bonds. The van der Waals surface area contributed by atoms with Gasteiger partial charge in [0.15, 0.2) is 0 Å². The molecule has 1 N–H and O–H groups in total. The minimum atomic E-state index is -0.824. The number of hydrogen-bond donors (Lipinski definition) is 1. The molecular weight excluding hydrogens is 330 g/mol. The summed E-state index contributed by atoms with van der Waals surface area (Å²) in [5.41, 5.74) is -0.0141. The third-order valence-electron chi connectivity index (χ3n) is 5.09. The Bertz CT molecular complexity index is 667. The standard InChI is InChI=1S/C20H29N3O3/c1-19(2,3)21-17(24)20(9-10-20)18(25)23-13-11-22(12-14-23)15-5-7-16(26-4)8-6-15/h5-8H,9-14H2,1-4H3,(H,21,24). The van der Waals surface area contributed by atoms with Crippen molar-refractivity contribution in [1.82, 2.24) is 10.2 Å². The number of nitrogens with one attached hydrogen (secondary N) is 1. The molecule has 1 heterocycles. The van der Waals surface area contributed by atoms with Gasteiger partial charge in [-0.1, -0.05) is 0 Å². The number of rotatable bonds is 4. The van der Waals surface area contributed by atoms with Crippen LogP contribution < -0.4 is 15.0 Å². The fourth-order valence-electron chi connectivity index (χ4n) is 3.39. The molecule has 1 aromatic carbocycles. The molecule has 1 aliphatic heterocycles. The quantitative estimate of drug-likeness (QED) is 0.836. The number of piperazine rings is 1. The molecule has 6 heteroatoms. The number of benzene rings is 1. The molecule has 0 bridgehead atoms. The molecule has 142 valence electrons. The van der Waals surface area contributed by atoms with E-state index in [9.17, 15) is 9.59 Å².